The molecule has 0 saturated heterocycles. The molecule has 0 fully saturated rings. The van der Waals surface area contributed by atoms with Gasteiger partial charge in [-0.15, -0.1) is 0 Å². The zero-order valence-corrected chi connectivity index (χ0v) is 29.5. The molecule has 1 aliphatic heterocycles. The number of esters is 1. The highest BCUT2D eigenvalue weighted by atomic mass is 16.5. The molecule has 0 bridgehead atoms. The number of rotatable bonds is 35. The second-order valence-electron chi connectivity index (χ2n) is 14.2. The highest BCUT2D eigenvalue weighted by Crippen LogP contribution is 2.19. The summed E-state index contributed by atoms with van der Waals surface area (Å²) in [5.41, 5.74) is 0. The van der Waals surface area contributed by atoms with E-state index in [1.165, 1.54) is 225 Å². The van der Waals surface area contributed by atoms with Crippen LogP contribution in [0.2, 0.25) is 0 Å². The van der Waals surface area contributed by atoms with E-state index in [9.17, 15) is 4.79 Å². The second-order valence-corrected chi connectivity index (χ2v) is 14.2. The van der Waals surface area contributed by atoms with Crippen molar-refractivity contribution in [1.82, 2.24) is 0 Å². The number of hydrogen-bond acceptors (Lipinski definition) is 2. The van der Waals surface area contributed by atoms with E-state index in [1.807, 2.05) is 6.08 Å². The topological polar surface area (TPSA) is 26.3 Å². The SMILES string of the molecule is CCCCCCCCCCCCCCCCCCCCCCCCCCCCCCCCCCCC[C@H]1C=CC(=O)OC1. The number of cyclic esters (lactones) is 1. The Bertz CT molecular complexity index is 582. The highest BCUT2D eigenvalue weighted by Gasteiger charge is 2.12. The van der Waals surface area contributed by atoms with E-state index in [4.69, 9.17) is 4.74 Å². The Balaban J connectivity index is 1.62. The van der Waals surface area contributed by atoms with Gasteiger partial charge in [0.25, 0.3) is 0 Å². The maximum atomic E-state index is 11.0. The lowest BCUT2D eigenvalue weighted by atomic mass is 9.99. The molecule has 0 aliphatic carbocycles. The summed E-state index contributed by atoms with van der Waals surface area (Å²) >= 11 is 0. The zero-order chi connectivity index (χ0) is 30.7. The summed E-state index contributed by atoms with van der Waals surface area (Å²) in [4.78, 5) is 11.0. The van der Waals surface area contributed by atoms with Crippen LogP contribution in [-0.4, -0.2) is 12.6 Å². The van der Waals surface area contributed by atoms with Crippen LogP contribution in [-0.2, 0) is 9.53 Å². The van der Waals surface area contributed by atoms with E-state index in [2.05, 4.69) is 6.92 Å². The van der Waals surface area contributed by atoms with Gasteiger partial charge in [-0.2, -0.15) is 0 Å². The number of hydrogen-bond donors (Lipinski definition) is 0. The molecular formula is C41H78O2. The van der Waals surface area contributed by atoms with Gasteiger partial charge in [-0.05, 0) is 6.42 Å². The first-order valence-electron chi connectivity index (χ1n) is 20.2. The first-order valence-corrected chi connectivity index (χ1v) is 20.2. The van der Waals surface area contributed by atoms with Gasteiger partial charge in [0.15, 0.2) is 0 Å². The summed E-state index contributed by atoms with van der Waals surface area (Å²) in [6.45, 7) is 2.90. The van der Waals surface area contributed by atoms with Gasteiger partial charge in [0.1, 0.15) is 0 Å². The molecule has 0 unspecified atom stereocenters. The van der Waals surface area contributed by atoms with E-state index < -0.39 is 0 Å². The van der Waals surface area contributed by atoms with Gasteiger partial charge in [0.05, 0.1) is 6.61 Å². The Kier molecular flexibility index (Phi) is 31.9. The average molecular weight is 603 g/mol. The zero-order valence-electron chi connectivity index (χ0n) is 29.5. The first kappa shape index (κ1) is 40.2. The minimum absolute atomic E-state index is 0.174. The summed E-state index contributed by atoms with van der Waals surface area (Å²) in [7, 11) is 0. The van der Waals surface area contributed by atoms with E-state index in [-0.39, 0.29) is 5.97 Å². The smallest absolute Gasteiger partial charge is 0.330 e. The Morgan fingerprint density at radius 1 is 0.442 bits per heavy atom. The van der Waals surface area contributed by atoms with Crippen molar-refractivity contribution in [2.75, 3.05) is 6.61 Å². The third-order valence-electron chi connectivity index (χ3n) is 9.87. The van der Waals surface area contributed by atoms with Crippen LogP contribution >= 0.6 is 0 Å². The monoisotopic (exact) mass is 603 g/mol. The van der Waals surface area contributed by atoms with Crippen molar-refractivity contribution in [3.05, 3.63) is 12.2 Å². The minimum atomic E-state index is -0.174. The maximum Gasteiger partial charge on any atom is 0.330 e. The summed E-state index contributed by atoms with van der Waals surface area (Å²) in [5.74, 6) is 0.286. The largest absolute Gasteiger partial charge is 0.462 e. The molecule has 1 aliphatic rings. The third-order valence-corrected chi connectivity index (χ3v) is 9.87. The summed E-state index contributed by atoms with van der Waals surface area (Å²) in [6.07, 6.45) is 54.2. The van der Waals surface area contributed by atoms with Crippen LogP contribution in [0.25, 0.3) is 0 Å². The summed E-state index contributed by atoms with van der Waals surface area (Å²) in [6, 6.07) is 0. The van der Waals surface area contributed by atoms with E-state index in [0.717, 1.165) is 0 Å². The molecule has 0 aromatic rings. The lowest BCUT2D eigenvalue weighted by molar-refractivity contribution is -0.139. The predicted octanol–water partition coefficient (Wildman–Crippen LogP) is 14.4. The van der Waals surface area contributed by atoms with Crippen LogP contribution in [0.15, 0.2) is 12.2 Å². The molecule has 0 N–H and O–H groups in total. The van der Waals surface area contributed by atoms with Crippen LogP contribution in [0.5, 0.6) is 0 Å². The fourth-order valence-corrected chi connectivity index (χ4v) is 6.82. The van der Waals surface area contributed by atoms with Crippen molar-refractivity contribution in [3.63, 3.8) is 0 Å². The molecular weight excluding hydrogens is 524 g/mol. The molecule has 0 aromatic carbocycles. The highest BCUT2D eigenvalue weighted by molar-refractivity contribution is 5.82. The summed E-state index contributed by atoms with van der Waals surface area (Å²) < 4.78 is 5.09. The first-order chi connectivity index (χ1) is 21.3. The molecule has 0 saturated carbocycles. The molecule has 1 atom stereocenters. The van der Waals surface area contributed by atoms with E-state index >= 15 is 0 Å². The van der Waals surface area contributed by atoms with Gasteiger partial charge in [-0.1, -0.05) is 231 Å². The van der Waals surface area contributed by atoms with Crippen molar-refractivity contribution in [2.24, 2.45) is 5.92 Å². The third kappa shape index (κ3) is 31.0. The van der Waals surface area contributed by atoms with Crippen molar-refractivity contribution in [1.29, 1.82) is 0 Å². The Morgan fingerprint density at radius 3 is 0.930 bits per heavy atom. The maximum absolute atomic E-state index is 11.0. The lowest BCUT2D eigenvalue weighted by Gasteiger charge is -2.16. The molecule has 1 rings (SSSR count). The number of unbranched alkanes of at least 4 members (excludes halogenated alkanes) is 33. The Morgan fingerprint density at radius 2 is 0.698 bits per heavy atom. The standard InChI is InChI=1S/C41H78O2/c1-2-3-4-5-6-7-8-9-10-11-12-13-14-15-16-17-18-19-20-21-22-23-24-25-26-27-28-29-30-31-32-33-34-35-36-40-37-38-41(42)43-39-40/h37-38,40H,2-36,39H2,1H3/t40-/m0/s1. The molecule has 2 heteroatoms. The van der Waals surface area contributed by atoms with Crippen LogP contribution in [0.3, 0.4) is 0 Å². The minimum Gasteiger partial charge on any atom is -0.462 e. The van der Waals surface area contributed by atoms with E-state index in [1.54, 1.807) is 6.08 Å². The number of carbonyl (C=O) groups is 1. The van der Waals surface area contributed by atoms with Crippen LogP contribution in [0.4, 0.5) is 0 Å². The van der Waals surface area contributed by atoms with Gasteiger partial charge in [0.2, 0.25) is 0 Å². The molecule has 2 nitrogen and oxygen atoms in total. The fourth-order valence-electron chi connectivity index (χ4n) is 6.82. The van der Waals surface area contributed by atoms with Gasteiger partial charge in [0, 0.05) is 12.0 Å². The summed E-state index contributed by atoms with van der Waals surface area (Å²) in [5, 5.41) is 0. The molecule has 0 spiro atoms. The van der Waals surface area contributed by atoms with Crippen molar-refractivity contribution in [3.8, 4) is 0 Å². The van der Waals surface area contributed by atoms with E-state index in [0.29, 0.717) is 12.5 Å². The quantitative estimate of drug-likeness (QED) is 0.0533. The molecule has 0 amide bonds. The van der Waals surface area contributed by atoms with Crippen molar-refractivity contribution in [2.45, 2.75) is 232 Å². The lowest BCUT2D eigenvalue weighted by Crippen LogP contribution is -2.16. The Hall–Kier alpha value is -0.790. The number of ether oxygens (including phenoxy) is 1. The average Bonchev–Trinajstić information content (AvgIpc) is 3.02. The van der Waals surface area contributed by atoms with Gasteiger partial charge < -0.3 is 4.74 Å². The van der Waals surface area contributed by atoms with Crippen molar-refractivity contribution < 1.29 is 9.53 Å². The van der Waals surface area contributed by atoms with Gasteiger partial charge >= 0.3 is 5.97 Å². The van der Waals surface area contributed by atoms with Crippen molar-refractivity contribution >= 4 is 5.97 Å². The second kappa shape index (κ2) is 34.1. The fraction of sp³-hybridized carbons (Fsp3) is 0.927. The van der Waals surface area contributed by atoms with Gasteiger partial charge in [-0.25, -0.2) is 4.79 Å². The molecule has 0 radical (unpaired) electrons. The molecule has 0 aromatic heterocycles. The molecule has 1 heterocycles. The van der Waals surface area contributed by atoms with Gasteiger partial charge in [-0.3, -0.25) is 0 Å². The Labute approximate surface area is 271 Å². The molecule has 43 heavy (non-hydrogen) atoms. The molecule has 254 valence electrons. The normalized spacial score (nSPS) is 14.9. The van der Waals surface area contributed by atoms with Crippen LogP contribution < -0.4 is 0 Å². The number of carbonyl (C=O) groups excluding carboxylic acids is 1. The predicted molar refractivity (Wildman–Crippen MR) is 191 cm³/mol. The van der Waals surface area contributed by atoms with Crippen LogP contribution in [0.1, 0.15) is 232 Å². The van der Waals surface area contributed by atoms with Crippen LogP contribution in [0, 0.1) is 5.92 Å².